The highest BCUT2D eigenvalue weighted by Crippen LogP contribution is 2.46. The van der Waals surface area contributed by atoms with Crippen LogP contribution in [0.25, 0.3) is 0 Å². The van der Waals surface area contributed by atoms with Gasteiger partial charge in [0.05, 0.1) is 6.10 Å². The number of benzene rings is 1. The molecule has 1 saturated carbocycles. The van der Waals surface area contributed by atoms with Gasteiger partial charge in [-0.3, -0.25) is 4.98 Å². The first kappa shape index (κ1) is 13.0. The van der Waals surface area contributed by atoms with Crippen molar-refractivity contribution in [2.75, 3.05) is 0 Å². The zero-order valence-corrected chi connectivity index (χ0v) is 12.2. The summed E-state index contributed by atoms with van der Waals surface area (Å²) in [7, 11) is 0. The van der Waals surface area contributed by atoms with Gasteiger partial charge in [-0.15, -0.1) is 0 Å². The van der Waals surface area contributed by atoms with E-state index in [1.54, 1.807) is 0 Å². The predicted octanol–water partition coefficient (Wildman–Crippen LogP) is 4.11. The summed E-state index contributed by atoms with van der Waals surface area (Å²) in [6, 6.07) is 12.6. The third-order valence-corrected chi connectivity index (χ3v) is 4.95. The highest BCUT2D eigenvalue weighted by atomic mass is 16.3. The maximum absolute atomic E-state index is 11.0. The van der Waals surface area contributed by atoms with Gasteiger partial charge in [-0.25, -0.2) is 0 Å². The number of fused-ring (bicyclic) bond motifs is 1. The lowest BCUT2D eigenvalue weighted by molar-refractivity contribution is 0.133. The fourth-order valence-electron chi connectivity index (χ4n) is 3.72. The highest BCUT2D eigenvalue weighted by molar-refractivity contribution is 5.38. The third-order valence-electron chi connectivity index (χ3n) is 4.95. The molecule has 108 valence electrons. The van der Waals surface area contributed by atoms with Crippen LogP contribution in [0.2, 0.25) is 0 Å². The van der Waals surface area contributed by atoms with E-state index in [0.717, 1.165) is 30.5 Å². The summed E-state index contributed by atoms with van der Waals surface area (Å²) in [5.74, 6) is 0.817. The van der Waals surface area contributed by atoms with Gasteiger partial charge >= 0.3 is 0 Å². The van der Waals surface area contributed by atoms with Gasteiger partial charge in [-0.1, -0.05) is 30.3 Å². The fourth-order valence-corrected chi connectivity index (χ4v) is 3.72. The first-order valence-electron chi connectivity index (χ1n) is 8.05. The summed E-state index contributed by atoms with van der Waals surface area (Å²) >= 11 is 0. The molecule has 1 N–H and O–H groups in total. The molecule has 1 aromatic heterocycles. The summed E-state index contributed by atoms with van der Waals surface area (Å²) in [6.07, 6.45) is 7.24. The summed E-state index contributed by atoms with van der Waals surface area (Å²) in [6.45, 7) is 0. The number of pyridine rings is 1. The predicted molar refractivity (Wildman–Crippen MR) is 83.3 cm³/mol. The second-order valence-corrected chi connectivity index (χ2v) is 6.39. The van der Waals surface area contributed by atoms with Gasteiger partial charge in [0.25, 0.3) is 0 Å². The molecule has 0 radical (unpaired) electrons. The van der Waals surface area contributed by atoms with E-state index < -0.39 is 6.10 Å². The van der Waals surface area contributed by atoms with E-state index in [1.165, 1.54) is 24.0 Å². The molecule has 4 rings (SSSR count). The van der Waals surface area contributed by atoms with Crippen molar-refractivity contribution in [3.05, 3.63) is 65.0 Å². The zero-order chi connectivity index (χ0) is 14.2. The van der Waals surface area contributed by atoms with E-state index in [0.29, 0.717) is 5.92 Å². The monoisotopic (exact) mass is 279 g/mol. The Morgan fingerprint density at radius 3 is 2.76 bits per heavy atom. The molecule has 2 aliphatic rings. The summed E-state index contributed by atoms with van der Waals surface area (Å²) in [5.41, 5.74) is 4.91. The molecule has 2 unspecified atom stereocenters. The largest absolute Gasteiger partial charge is 0.388 e. The second-order valence-electron chi connectivity index (χ2n) is 6.39. The van der Waals surface area contributed by atoms with Crippen LogP contribution >= 0.6 is 0 Å². The highest BCUT2D eigenvalue weighted by Gasteiger charge is 2.33. The Hall–Kier alpha value is -1.67. The van der Waals surface area contributed by atoms with Crippen molar-refractivity contribution in [3.8, 4) is 0 Å². The number of aryl methyl sites for hydroxylation is 1. The topological polar surface area (TPSA) is 33.1 Å². The van der Waals surface area contributed by atoms with Crippen molar-refractivity contribution in [2.45, 2.75) is 50.0 Å². The number of hydrogen-bond donors (Lipinski definition) is 1. The number of rotatable bonds is 3. The van der Waals surface area contributed by atoms with Crippen LogP contribution in [0, 0.1) is 0 Å². The number of nitrogens with zero attached hydrogens (tertiary/aromatic N) is 1. The maximum atomic E-state index is 11.0. The van der Waals surface area contributed by atoms with E-state index in [4.69, 9.17) is 0 Å². The van der Waals surface area contributed by atoms with Crippen LogP contribution in [0.3, 0.4) is 0 Å². The number of aliphatic hydroxyl groups is 1. The Balaban J connectivity index is 1.71. The molecule has 1 aromatic carbocycles. The average Bonchev–Trinajstić information content (AvgIpc) is 3.38. The summed E-state index contributed by atoms with van der Waals surface area (Å²) in [4.78, 5) is 4.58. The van der Waals surface area contributed by atoms with Crippen molar-refractivity contribution in [2.24, 2.45) is 0 Å². The first-order valence-corrected chi connectivity index (χ1v) is 8.05. The van der Waals surface area contributed by atoms with E-state index >= 15 is 0 Å². The molecular weight excluding hydrogens is 258 g/mol. The van der Waals surface area contributed by atoms with Crippen LogP contribution in [0.4, 0.5) is 0 Å². The van der Waals surface area contributed by atoms with Gasteiger partial charge in [-0.05, 0) is 60.8 Å². The number of aliphatic hydroxyl groups excluding tert-OH is 1. The SMILES string of the molecule is OC(c1ccccc1C1CC1)C1CCCc2cccnc21. The van der Waals surface area contributed by atoms with Crippen molar-refractivity contribution in [1.82, 2.24) is 4.98 Å². The van der Waals surface area contributed by atoms with E-state index in [-0.39, 0.29) is 5.92 Å². The first-order chi connectivity index (χ1) is 10.3. The van der Waals surface area contributed by atoms with E-state index in [9.17, 15) is 5.11 Å². The van der Waals surface area contributed by atoms with Gasteiger partial charge < -0.3 is 5.11 Å². The lowest BCUT2D eigenvalue weighted by Gasteiger charge is -2.29. The summed E-state index contributed by atoms with van der Waals surface area (Å²) < 4.78 is 0. The van der Waals surface area contributed by atoms with Crippen molar-refractivity contribution in [1.29, 1.82) is 0 Å². The molecule has 2 atom stereocenters. The van der Waals surface area contributed by atoms with Crippen LogP contribution in [-0.4, -0.2) is 10.1 Å². The van der Waals surface area contributed by atoms with E-state index in [2.05, 4.69) is 29.2 Å². The molecule has 2 aromatic rings. The normalized spacial score (nSPS) is 22.6. The minimum Gasteiger partial charge on any atom is -0.388 e. The number of hydrogen-bond acceptors (Lipinski definition) is 2. The molecular formula is C19H21NO. The lowest BCUT2D eigenvalue weighted by Crippen LogP contribution is -2.19. The van der Waals surface area contributed by atoms with Gasteiger partial charge in [0.1, 0.15) is 0 Å². The molecule has 0 saturated heterocycles. The van der Waals surface area contributed by atoms with Gasteiger partial charge in [0.2, 0.25) is 0 Å². The Morgan fingerprint density at radius 2 is 1.90 bits per heavy atom. The molecule has 0 amide bonds. The Kier molecular flexibility index (Phi) is 3.27. The zero-order valence-electron chi connectivity index (χ0n) is 12.2. The van der Waals surface area contributed by atoms with Crippen LogP contribution in [0.5, 0.6) is 0 Å². The van der Waals surface area contributed by atoms with Crippen LogP contribution in [0.15, 0.2) is 42.6 Å². The third kappa shape index (κ3) is 2.38. The maximum Gasteiger partial charge on any atom is 0.0876 e. The molecule has 2 nitrogen and oxygen atoms in total. The Labute approximate surface area is 125 Å². The van der Waals surface area contributed by atoms with Gasteiger partial charge in [0, 0.05) is 17.8 Å². The second kappa shape index (κ2) is 5.27. The van der Waals surface area contributed by atoms with Crippen LogP contribution in [0.1, 0.15) is 66.0 Å². The average molecular weight is 279 g/mol. The molecule has 21 heavy (non-hydrogen) atoms. The lowest BCUT2D eigenvalue weighted by atomic mass is 9.79. The molecule has 1 fully saturated rings. The van der Waals surface area contributed by atoms with Crippen molar-refractivity contribution >= 4 is 0 Å². The molecule has 1 heterocycles. The van der Waals surface area contributed by atoms with E-state index in [1.807, 2.05) is 18.3 Å². The quantitative estimate of drug-likeness (QED) is 0.917. The molecule has 0 bridgehead atoms. The van der Waals surface area contributed by atoms with Crippen molar-refractivity contribution in [3.63, 3.8) is 0 Å². The minimum absolute atomic E-state index is 0.148. The Bertz CT molecular complexity index is 648. The minimum atomic E-state index is -0.421. The fraction of sp³-hybridized carbons (Fsp3) is 0.421. The van der Waals surface area contributed by atoms with Gasteiger partial charge in [0.15, 0.2) is 0 Å². The smallest absolute Gasteiger partial charge is 0.0876 e. The molecule has 0 spiro atoms. The van der Waals surface area contributed by atoms with Crippen LogP contribution < -0.4 is 0 Å². The van der Waals surface area contributed by atoms with Crippen LogP contribution in [-0.2, 0) is 6.42 Å². The standard InChI is InChI=1S/C19H21NO/c21-19(16-8-2-1-7-15(16)13-10-11-13)17-9-3-5-14-6-4-12-20-18(14)17/h1-2,4,6-8,12-13,17,19,21H,3,5,9-11H2. The van der Waals surface area contributed by atoms with Gasteiger partial charge in [-0.2, -0.15) is 0 Å². The molecule has 2 aliphatic carbocycles. The summed E-state index contributed by atoms with van der Waals surface area (Å²) in [5, 5.41) is 11.0. The molecule has 2 heteroatoms. The van der Waals surface area contributed by atoms with Crippen molar-refractivity contribution < 1.29 is 5.11 Å². The Morgan fingerprint density at radius 1 is 1.05 bits per heavy atom. The number of aromatic nitrogens is 1. The molecule has 0 aliphatic heterocycles.